The minimum atomic E-state index is 0.399. The van der Waals surface area contributed by atoms with Gasteiger partial charge < -0.3 is 14.8 Å². The van der Waals surface area contributed by atoms with E-state index in [-0.39, 0.29) is 0 Å². The molecule has 0 amide bonds. The van der Waals surface area contributed by atoms with Crippen LogP contribution in [-0.2, 0) is 9.47 Å². The first kappa shape index (κ1) is 12.7. The molecular formula is C12H23NO2S. The van der Waals surface area contributed by atoms with Gasteiger partial charge in [0.2, 0.25) is 0 Å². The highest BCUT2D eigenvalue weighted by atomic mass is 32.2. The lowest BCUT2D eigenvalue weighted by atomic mass is 9.98. The Labute approximate surface area is 103 Å². The van der Waals surface area contributed by atoms with Gasteiger partial charge in [-0.15, -0.1) is 0 Å². The van der Waals surface area contributed by atoms with Crippen LogP contribution in [0.1, 0.15) is 25.7 Å². The molecule has 0 radical (unpaired) electrons. The average Bonchev–Trinajstić information content (AvgIpc) is 2.39. The first-order valence-electron chi connectivity index (χ1n) is 6.29. The molecule has 0 aromatic carbocycles. The number of ether oxygens (including phenoxy) is 2. The van der Waals surface area contributed by atoms with Crippen LogP contribution in [-0.4, -0.2) is 50.0 Å². The lowest BCUT2D eigenvalue weighted by molar-refractivity contribution is 0.0589. The van der Waals surface area contributed by atoms with Crippen molar-refractivity contribution in [1.29, 1.82) is 0 Å². The van der Waals surface area contributed by atoms with E-state index in [0.29, 0.717) is 10.8 Å². The van der Waals surface area contributed by atoms with Crippen LogP contribution in [0.15, 0.2) is 0 Å². The van der Waals surface area contributed by atoms with Gasteiger partial charge in [0.05, 0.1) is 6.61 Å². The summed E-state index contributed by atoms with van der Waals surface area (Å²) in [6.07, 6.45) is 7.04. The number of rotatable bonds is 4. The molecule has 2 rings (SSSR count). The van der Waals surface area contributed by atoms with E-state index in [0.717, 1.165) is 33.0 Å². The average molecular weight is 245 g/mol. The van der Waals surface area contributed by atoms with Crippen molar-refractivity contribution in [3.63, 3.8) is 0 Å². The number of nitrogens with one attached hydrogen (secondary N) is 1. The summed E-state index contributed by atoms with van der Waals surface area (Å²) in [4.78, 5) is 0. The molecule has 1 atom stereocenters. The van der Waals surface area contributed by atoms with Crippen LogP contribution in [0.2, 0.25) is 0 Å². The quantitative estimate of drug-likeness (QED) is 0.816. The third kappa shape index (κ3) is 3.36. The topological polar surface area (TPSA) is 30.5 Å². The Balaban J connectivity index is 1.77. The fourth-order valence-corrected chi connectivity index (χ4v) is 3.23. The zero-order chi connectivity index (χ0) is 11.3. The summed E-state index contributed by atoms with van der Waals surface area (Å²) in [7, 11) is 0. The van der Waals surface area contributed by atoms with Gasteiger partial charge in [0.25, 0.3) is 0 Å². The Morgan fingerprint density at radius 2 is 2.06 bits per heavy atom. The minimum Gasteiger partial charge on any atom is -0.381 e. The highest BCUT2D eigenvalue weighted by Gasteiger charge is 2.32. The smallest absolute Gasteiger partial charge is 0.0619 e. The van der Waals surface area contributed by atoms with Gasteiger partial charge in [-0.25, -0.2) is 0 Å². The molecule has 1 unspecified atom stereocenters. The predicted molar refractivity (Wildman–Crippen MR) is 68.1 cm³/mol. The van der Waals surface area contributed by atoms with E-state index < -0.39 is 0 Å². The third-order valence-corrected chi connectivity index (χ3v) is 5.13. The molecule has 0 bridgehead atoms. The molecule has 0 aromatic rings. The first-order chi connectivity index (χ1) is 7.85. The van der Waals surface area contributed by atoms with E-state index in [1.54, 1.807) is 0 Å². The summed E-state index contributed by atoms with van der Waals surface area (Å²) in [6.45, 7) is 4.78. The molecule has 1 N–H and O–H groups in total. The second-order valence-electron chi connectivity index (χ2n) is 4.79. The van der Waals surface area contributed by atoms with Gasteiger partial charge in [-0.05, 0) is 31.9 Å². The molecule has 3 nitrogen and oxygen atoms in total. The standard InChI is InChI=1S/C12H23NO2S/c1-16-12(4-7-14-8-5-12)10-13-11-3-2-6-15-9-11/h11,13H,2-10H2,1H3. The molecule has 0 aromatic heterocycles. The van der Waals surface area contributed by atoms with Crippen LogP contribution in [0.4, 0.5) is 0 Å². The van der Waals surface area contributed by atoms with E-state index in [4.69, 9.17) is 9.47 Å². The van der Waals surface area contributed by atoms with Gasteiger partial charge in [0.1, 0.15) is 0 Å². The molecule has 2 saturated heterocycles. The molecule has 94 valence electrons. The highest BCUT2D eigenvalue weighted by Crippen LogP contribution is 2.33. The predicted octanol–water partition coefficient (Wildman–Crippen LogP) is 1.67. The molecule has 16 heavy (non-hydrogen) atoms. The maximum Gasteiger partial charge on any atom is 0.0619 e. The Hall–Kier alpha value is 0.230. The molecule has 2 heterocycles. The van der Waals surface area contributed by atoms with Crippen molar-refractivity contribution in [2.45, 2.75) is 36.5 Å². The number of thioether (sulfide) groups is 1. The molecule has 2 aliphatic heterocycles. The van der Waals surface area contributed by atoms with E-state index in [1.165, 1.54) is 25.7 Å². The van der Waals surface area contributed by atoms with Crippen molar-refractivity contribution in [2.75, 3.05) is 39.2 Å². The largest absolute Gasteiger partial charge is 0.381 e. The summed E-state index contributed by atoms with van der Waals surface area (Å²) < 4.78 is 11.3. The van der Waals surface area contributed by atoms with Crippen LogP contribution in [0.25, 0.3) is 0 Å². The summed E-state index contributed by atoms with van der Waals surface area (Å²) in [5, 5.41) is 3.68. The van der Waals surface area contributed by atoms with Crippen molar-refractivity contribution in [3.05, 3.63) is 0 Å². The maximum absolute atomic E-state index is 5.49. The van der Waals surface area contributed by atoms with Crippen molar-refractivity contribution in [1.82, 2.24) is 5.32 Å². The van der Waals surface area contributed by atoms with Gasteiger partial charge in [0.15, 0.2) is 0 Å². The molecule has 2 fully saturated rings. The van der Waals surface area contributed by atoms with Crippen LogP contribution in [0.5, 0.6) is 0 Å². The zero-order valence-electron chi connectivity index (χ0n) is 10.2. The number of hydrogen-bond donors (Lipinski definition) is 1. The second kappa shape index (κ2) is 6.24. The molecular weight excluding hydrogens is 222 g/mol. The Morgan fingerprint density at radius 3 is 2.69 bits per heavy atom. The molecule has 0 saturated carbocycles. The van der Waals surface area contributed by atoms with Crippen molar-refractivity contribution < 1.29 is 9.47 Å². The first-order valence-corrected chi connectivity index (χ1v) is 7.51. The second-order valence-corrected chi connectivity index (χ2v) is 6.07. The summed E-state index contributed by atoms with van der Waals surface area (Å²) >= 11 is 2.00. The van der Waals surface area contributed by atoms with E-state index >= 15 is 0 Å². The van der Waals surface area contributed by atoms with Gasteiger partial charge in [-0.2, -0.15) is 11.8 Å². The van der Waals surface area contributed by atoms with Crippen LogP contribution >= 0.6 is 11.8 Å². The summed E-state index contributed by atoms with van der Waals surface area (Å²) in [5.74, 6) is 0. The van der Waals surface area contributed by atoms with Gasteiger partial charge >= 0.3 is 0 Å². The van der Waals surface area contributed by atoms with Crippen LogP contribution < -0.4 is 5.32 Å². The maximum atomic E-state index is 5.49. The fourth-order valence-electron chi connectivity index (χ4n) is 2.43. The SMILES string of the molecule is CSC1(CNC2CCCOC2)CCOCC1. The Bertz CT molecular complexity index is 201. The van der Waals surface area contributed by atoms with Crippen LogP contribution in [0, 0.1) is 0 Å². The molecule has 2 aliphatic rings. The van der Waals surface area contributed by atoms with E-state index in [2.05, 4.69) is 11.6 Å². The lowest BCUT2D eigenvalue weighted by Crippen LogP contribution is -2.47. The molecule has 0 aliphatic carbocycles. The highest BCUT2D eigenvalue weighted by molar-refractivity contribution is 8.00. The molecule has 4 heteroatoms. The Kier molecular flexibility index (Phi) is 4.95. The van der Waals surface area contributed by atoms with Gasteiger partial charge in [-0.3, -0.25) is 0 Å². The van der Waals surface area contributed by atoms with Crippen molar-refractivity contribution in [3.8, 4) is 0 Å². The zero-order valence-corrected chi connectivity index (χ0v) is 11.0. The van der Waals surface area contributed by atoms with E-state index in [1.807, 2.05) is 11.8 Å². The monoisotopic (exact) mass is 245 g/mol. The molecule has 0 spiro atoms. The van der Waals surface area contributed by atoms with Gasteiger partial charge in [0, 0.05) is 37.2 Å². The van der Waals surface area contributed by atoms with E-state index in [9.17, 15) is 0 Å². The van der Waals surface area contributed by atoms with Crippen molar-refractivity contribution >= 4 is 11.8 Å². The lowest BCUT2D eigenvalue weighted by Gasteiger charge is -2.37. The van der Waals surface area contributed by atoms with Crippen LogP contribution in [0.3, 0.4) is 0 Å². The van der Waals surface area contributed by atoms with Gasteiger partial charge in [-0.1, -0.05) is 0 Å². The Morgan fingerprint density at radius 1 is 1.25 bits per heavy atom. The summed E-state index contributed by atoms with van der Waals surface area (Å²) in [5.41, 5.74) is 0. The fraction of sp³-hybridized carbons (Fsp3) is 1.00. The van der Waals surface area contributed by atoms with Crippen molar-refractivity contribution in [2.24, 2.45) is 0 Å². The minimum absolute atomic E-state index is 0.399. The summed E-state index contributed by atoms with van der Waals surface area (Å²) in [6, 6.07) is 0.570. The number of hydrogen-bond acceptors (Lipinski definition) is 4. The normalized spacial score (nSPS) is 30.2. The third-order valence-electron chi connectivity index (χ3n) is 3.71.